The quantitative estimate of drug-likeness (QED) is 0.241. The molecule has 2 N–H and O–H groups in total. The Morgan fingerprint density at radius 1 is 1.05 bits per heavy atom. The van der Waals surface area contributed by atoms with Crippen LogP contribution in [0.1, 0.15) is 54.4 Å². The number of benzene rings is 3. The van der Waals surface area contributed by atoms with Crippen LogP contribution in [0.4, 0.5) is 4.79 Å². The highest BCUT2D eigenvalue weighted by atomic mass is 16.7. The third kappa shape index (κ3) is 7.94. The van der Waals surface area contributed by atoms with Gasteiger partial charge in [-0.05, 0) is 59.3 Å². The lowest BCUT2D eigenvalue weighted by atomic mass is 9.89. The molecule has 0 spiro atoms. The zero-order chi connectivity index (χ0) is 30.9. The molecule has 1 amide bonds. The van der Waals surface area contributed by atoms with Crippen molar-refractivity contribution in [2.45, 2.75) is 57.5 Å². The lowest BCUT2D eigenvalue weighted by Gasteiger charge is -2.43. The molecule has 2 fully saturated rings. The van der Waals surface area contributed by atoms with Crippen molar-refractivity contribution < 1.29 is 28.8 Å². The zero-order valence-electron chi connectivity index (χ0n) is 25.7. The van der Waals surface area contributed by atoms with E-state index in [1.807, 2.05) is 30.3 Å². The Labute approximate surface area is 260 Å². The summed E-state index contributed by atoms with van der Waals surface area (Å²) in [7, 11) is 1.77. The number of ether oxygens (including phenoxy) is 4. The Morgan fingerprint density at radius 2 is 1.82 bits per heavy atom. The molecule has 44 heavy (non-hydrogen) atoms. The summed E-state index contributed by atoms with van der Waals surface area (Å²) >= 11 is 0. The maximum atomic E-state index is 11.9. The minimum absolute atomic E-state index is 0.00895. The molecule has 8 nitrogen and oxygen atoms in total. The first kappa shape index (κ1) is 31.9. The van der Waals surface area contributed by atoms with Gasteiger partial charge >= 0.3 is 6.09 Å². The number of nitrogens with one attached hydrogen (secondary N) is 1. The van der Waals surface area contributed by atoms with Crippen LogP contribution < -0.4 is 5.32 Å². The van der Waals surface area contributed by atoms with Crippen molar-refractivity contribution in [3.05, 3.63) is 108 Å². The van der Waals surface area contributed by atoms with Gasteiger partial charge in [0.15, 0.2) is 6.29 Å². The summed E-state index contributed by atoms with van der Waals surface area (Å²) in [4.78, 5) is 14.4. The molecule has 0 radical (unpaired) electrons. The number of alkyl carbamates (subject to hydrolysis) is 1. The Bertz CT molecular complexity index is 1380. The molecule has 2 saturated heterocycles. The number of carbonyl (C=O) groups excluding carboxylic acids is 1. The molecule has 0 saturated carbocycles. The number of methoxy groups -OCH3 is 1. The fraction of sp³-hybridized carbons (Fsp3) is 0.417. The third-order valence-corrected chi connectivity index (χ3v) is 8.58. The van der Waals surface area contributed by atoms with Gasteiger partial charge in [-0.1, -0.05) is 80.2 Å². The number of hydrogen-bond acceptors (Lipinski definition) is 7. The number of carbonyl (C=O) groups is 1. The molecular weight excluding hydrogens is 556 g/mol. The zero-order valence-corrected chi connectivity index (χ0v) is 25.7. The third-order valence-electron chi connectivity index (χ3n) is 8.58. The molecule has 3 aromatic carbocycles. The molecular formula is C36H44N2O6. The second-order valence-corrected chi connectivity index (χ2v) is 11.6. The second kappa shape index (κ2) is 15.5. The first-order valence-electron chi connectivity index (χ1n) is 15.4. The molecule has 0 aliphatic carbocycles. The SMILES string of the molecule is C=CCOC(=O)NCc1cccc(-c2cccc([C@H]3O[C@@H](CN4CCC[C@H]4COC)[C@@H](C)[C@@H](c4ccc(CO)cc4)O3)c2)c1. The van der Waals surface area contributed by atoms with Crippen LogP contribution in [0.15, 0.2) is 85.5 Å². The summed E-state index contributed by atoms with van der Waals surface area (Å²) in [5.74, 6) is 0.112. The van der Waals surface area contributed by atoms with Crippen molar-refractivity contribution in [1.29, 1.82) is 0 Å². The molecule has 2 heterocycles. The van der Waals surface area contributed by atoms with E-state index in [0.717, 1.165) is 65.9 Å². The van der Waals surface area contributed by atoms with Gasteiger partial charge in [0.1, 0.15) is 6.61 Å². The molecule has 0 bridgehead atoms. The first-order valence-corrected chi connectivity index (χ1v) is 15.4. The molecule has 0 unspecified atom stereocenters. The number of likely N-dealkylation sites (tertiary alicyclic amines) is 1. The van der Waals surface area contributed by atoms with E-state index in [4.69, 9.17) is 18.9 Å². The van der Waals surface area contributed by atoms with Crippen molar-refractivity contribution in [1.82, 2.24) is 10.2 Å². The van der Waals surface area contributed by atoms with Crippen LogP contribution in [-0.4, -0.2) is 61.7 Å². The second-order valence-electron chi connectivity index (χ2n) is 11.6. The van der Waals surface area contributed by atoms with Crippen LogP contribution in [-0.2, 0) is 32.1 Å². The lowest BCUT2D eigenvalue weighted by molar-refractivity contribution is -0.276. The Kier molecular flexibility index (Phi) is 11.2. The predicted molar refractivity (Wildman–Crippen MR) is 170 cm³/mol. The predicted octanol–water partition coefficient (Wildman–Crippen LogP) is 6.16. The monoisotopic (exact) mass is 600 g/mol. The number of aliphatic hydroxyl groups excluding tert-OH is 1. The van der Waals surface area contributed by atoms with Crippen molar-refractivity contribution in [2.24, 2.45) is 5.92 Å². The number of hydrogen-bond donors (Lipinski definition) is 2. The van der Waals surface area contributed by atoms with Crippen LogP contribution in [0.2, 0.25) is 0 Å². The first-order chi connectivity index (χ1) is 21.5. The van der Waals surface area contributed by atoms with Crippen molar-refractivity contribution in [2.75, 3.05) is 33.4 Å². The van der Waals surface area contributed by atoms with Crippen LogP contribution in [0.25, 0.3) is 11.1 Å². The highest BCUT2D eigenvalue weighted by molar-refractivity contribution is 5.68. The molecule has 3 aromatic rings. The average molecular weight is 601 g/mol. The number of nitrogens with zero attached hydrogens (tertiary/aromatic N) is 1. The van der Waals surface area contributed by atoms with Gasteiger partial charge in [0.05, 0.1) is 25.4 Å². The van der Waals surface area contributed by atoms with Crippen LogP contribution >= 0.6 is 0 Å². The molecule has 2 aliphatic rings. The smallest absolute Gasteiger partial charge is 0.407 e. The van der Waals surface area contributed by atoms with E-state index in [-0.39, 0.29) is 31.3 Å². The summed E-state index contributed by atoms with van der Waals surface area (Å²) in [6, 6.07) is 24.8. The minimum atomic E-state index is -0.549. The standard InChI is InChI=1S/C36H44N2O6/c1-4-18-42-36(40)37-21-27-8-5-9-29(19-27)30-10-6-11-31(20-30)35-43-33(22-38-17-7-12-32(38)24-41-3)25(2)34(44-35)28-15-13-26(23-39)14-16-28/h4-6,8-11,13-16,19-20,25,32-35,39H,1,7,12,17-18,21-24H2,2-3H3,(H,37,40)/t25-,32+,33+,34+,35+/m1/s1. The summed E-state index contributed by atoms with van der Waals surface area (Å²) in [6.45, 7) is 8.87. The van der Waals surface area contributed by atoms with Gasteiger partial charge in [-0.25, -0.2) is 4.79 Å². The van der Waals surface area contributed by atoms with E-state index < -0.39 is 12.4 Å². The van der Waals surface area contributed by atoms with E-state index in [9.17, 15) is 9.90 Å². The normalized spacial score (nSPS) is 23.8. The number of aliphatic hydroxyl groups is 1. The maximum Gasteiger partial charge on any atom is 0.407 e. The Morgan fingerprint density at radius 3 is 2.57 bits per heavy atom. The largest absolute Gasteiger partial charge is 0.445 e. The van der Waals surface area contributed by atoms with Gasteiger partial charge in [0.25, 0.3) is 0 Å². The number of rotatable bonds is 12. The molecule has 8 heteroatoms. The molecule has 2 aliphatic heterocycles. The van der Waals surface area contributed by atoms with Crippen molar-refractivity contribution >= 4 is 6.09 Å². The lowest BCUT2D eigenvalue weighted by Crippen LogP contribution is -2.46. The van der Waals surface area contributed by atoms with Crippen LogP contribution in [0.5, 0.6) is 0 Å². The highest BCUT2D eigenvalue weighted by Gasteiger charge is 2.40. The minimum Gasteiger partial charge on any atom is -0.445 e. The maximum absolute atomic E-state index is 11.9. The van der Waals surface area contributed by atoms with Gasteiger partial charge in [-0.3, -0.25) is 4.90 Å². The van der Waals surface area contributed by atoms with Gasteiger partial charge in [0.2, 0.25) is 0 Å². The number of amides is 1. The molecule has 5 atom stereocenters. The fourth-order valence-corrected chi connectivity index (χ4v) is 6.16. The summed E-state index contributed by atoms with van der Waals surface area (Å²) in [5, 5.41) is 12.4. The molecule has 5 rings (SSSR count). The van der Waals surface area contributed by atoms with E-state index in [2.05, 4.69) is 66.2 Å². The van der Waals surface area contributed by atoms with Gasteiger partial charge in [-0.15, -0.1) is 0 Å². The summed E-state index contributed by atoms with van der Waals surface area (Å²) in [6.07, 6.45) is 2.58. The van der Waals surface area contributed by atoms with E-state index in [1.165, 1.54) is 6.08 Å². The molecule has 0 aromatic heterocycles. The Balaban J connectivity index is 1.38. The van der Waals surface area contributed by atoms with E-state index >= 15 is 0 Å². The summed E-state index contributed by atoms with van der Waals surface area (Å²) in [5.41, 5.74) is 5.92. The van der Waals surface area contributed by atoms with Crippen molar-refractivity contribution in [3.8, 4) is 11.1 Å². The fourth-order valence-electron chi connectivity index (χ4n) is 6.16. The topological polar surface area (TPSA) is 89.5 Å². The van der Waals surface area contributed by atoms with Gasteiger partial charge in [0, 0.05) is 37.7 Å². The highest BCUT2D eigenvalue weighted by Crippen LogP contribution is 2.43. The molecule has 234 valence electrons. The van der Waals surface area contributed by atoms with Crippen molar-refractivity contribution in [3.63, 3.8) is 0 Å². The van der Waals surface area contributed by atoms with Gasteiger partial charge in [-0.2, -0.15) is 0 Å². The van der Waals surface area contributed by atoms with Crippen LogP contribution in [0.3, 0.4) is 0 Å². The average Bonchev–Trinajstić information content (AvgIpc) is 3.50. The van der Waals surface area contributed by atoms with Gasteiger partial charge < -0.3 is 29.4 Å². The Hall–Kier alpha value is -3.53. The summed E-state index contributed by atoms with van der Waals surface area (Å²) < 4.78 is 24.0. The van der Waals surface area contributed by atoms with E-state index in [1.54, 1.807) is 7.11 Å². The van der Waals surface area contributed by atoms with Crippen LogP contribution in [0, 0.1) is 5.92 Å². The van der Waals surface area contributed by atoms with E-state index in [0.29, 0.717) is 12.6 Å².